The minimum atomic E-state index is -0.830. The average molecular weight is 281 g/mol. The van der Waals surface area contributed by atoms with E-state index in [1.54, 1.807) is 24.3 Å². The van der Waals surface area contributed by atoms with E-state index < -0.39 is 12.0 Å². The van der Waals surface area contributed by atoms with E-state index in [1.165, 1.54) is 14.0 Å². The van der Waals surface area contributed by atoms with E-state index in [9.17, 15) is 9.59 Å². The third-order valence-corrected chi connectivity index (χ3v) is 2.41. The number of benzene rings is 1. The van der Waals surface area contributed by atoms with Gasteiger partial charge in [0.05, 0.1) is 13.7 Å². The Kier molecular flexibility index (Phi) is 6.36. The smallest absolute Gasteiger partial charge is 0.331 e. The molecule has 6 heteroatoms. The van der Waals surface area contributed by atoms with Crippen molar-refractivity contribution < 1.29 is 23.8 Å². The fourth-order valence-electron chi connectivity index (χ4n) is 1.53. The first-order valence-corrected chi connectivity index (χ1v) is 6.27. The summed E-state index contributed by atoms with van der Waals surface area (Å²) in [5, 5.41) is 2.47. The summed E-state index contributed by atoms with van der Waals surface area (Å²) in [7, 11) is 1.26. The predicted molar refractivity (Wildman–Crippen MR) is 72.7 cm³/mol. The van der Waals surface area contributed by atoms with Crippen LogP contribution < -0.4 is 14.8 Å². The minimum absolute atomic E-state index is 0.000233. The first-order chi connectivity index (χ1) is 9.56. The number of carbonyl (C=O) groups is 2. The second kappa shape index (κ2) is 8.04. The molecule has 0 radical (unpaired) electrons. The molecule has 0 aromatic heterocycles. The van der Waals surface area contributed by atoms with Gasteiger partial charge < -0.3 is 19.5 Å². The fourth-order valence-corrected chi connectivity index (χ4v) is 1.53. The van der Waals surface area contributed by atoms with Gasteiger partial charge in [-0.3, -0.25) is 4.79 Å². The van der Waals surface area contributed by atoms with Gasteiger partial charge in [0.15, 0.2) is 6.04 Å². The molecule has 0 aliphatic heterocycles. The van der Waals surface area contributed by atoms with Crippen molar-refractivity contribution in [2.45, 2.75) is 19.9 Å². The Balaban J connectivity index is 2.57. The maximum atomic E-state index is 11.5. The highest BCUT2D eigenvalue weighted by molar-refractivity contribution is 5.83. The van der Waals surface area contributed by atoms with Crippen LogP contribution in [0.2, 0.25) is 0 Å². The van der Waals surface area contributed by atoms with Gasteiger partial charge in [-0.05, 0) is 31.2 Å². The van der Waals surface area contributed by atoms with E-state index in [0.29, 0.717) is 12.4 Å². The molecule has 0 saturated heterocycles. The molecule has 0 heterocycles. The number of rotatable bonds is 7. The summed E-state index contributed by atoms with van der Waals surface area (Å²) in [5.41, 5.74) is 0. The maximum Gasteiger partial charge on any atom is 0.331 e. The molecule has 1 rings (SSSR count). The summed E-state index contributed by atoms with van der Waals surface area (Å²) in [6, 6.07) is 6.17. The minimum Gasteiger partial charge on any atom is -0.494 e. The second-order valence-electron chi connectivity index (χ2n) is 3.99. The quantitative estimate of drug-likeness (QED) is 0.759. The van der Waals surface area contributed by atoms with Crippen molar-refractivity contribution in [2.24, 2.45) is 0 Å². The Labute approximate surface area is 118 Å². The Morgan fingerprint density at radius 3 is 2.15 bits per heavy atom. The van der Waals surface area contributed by atoms with Gasteiger partial charge in [-0.15, -0.1) is 0 Å². The third kappa shape index (κ3) is 5.17. The van der Waals surface area contributed by atoms with E-state index in [1.807, 2.05) is 6.92 Å². The Hall–Kier alpha value is -2.24. The van der Waals surface area contributed by atoms with Gasteiger partial charge in [-0.1, -0.05) is 0 Å². The van der Waals surface area contributed by atoms with Crippen LogP contribution in [0, 0.1) is 0 Å². The molecule has 1 aromatic rings. The summed E-state index contributed by atoms with van der Waals surface area (Å²) < 4.78 is 15.4. The zero-order valence-corrected chi connectivity index (χ0v) is 11.8. The van der Waals surface area contributed by atoms with E-state index >= 15 is 0 Å². The van der Waals surface area contributed by atoms with Crippen molar-refractivity contribution in [3.8, 4) is 11.5 Å². The van der Waals surface area contributed by atoms with Crippen LogP contribution in [0.25, 0.3) is 0 Å². The molecule has 1 amide bonds. The zero-order chi connectivity index (χ0) is 15.0. The third-order valence-electron chi connectivity index (χ3n) is 2.41. The van der Waals surface area contributed by atoms with Crippen LogP contribution in [0.1, 0.15) is 13.8 Å². The molecule has 0 aliphatic carbocycles. The number of hydrogen-bond donors (Lipinski definition) is 1. The van der Waals surface area contributed by atoms with Crippen molar-refractivity contribution >= 4 is 11.9 Å². The molecule has 0 saturated carbocycles. The molecule has 1 unspecified atom stereocenters. The molecular weight excluding hydrogens is 262 g/mol. The van der Waals surface area contributed by atoms with Crippen LogP contribution in [0.15, 0.2) is 24.3 Å². The standard InChI is InChI=1S/C14H19NO5/c1-4-19-11-5-7-12(8-6-11)20-9-13(14(17)18-3)15-10(2)16/h5-8,13H,4,9H2,1-3H3,(H,15,16). The van der Waals surface area contributed by atoms with Gasteiger partial charge in [0.1, 0.15) is 18.1 Å². The Morgan fingerprint density at radius 2 is 1.70 bits per heavy atom. The van der Waals surface area contributed by atoms with Crippen molar-refractivity contribution in [3.63, 3.8) is 0 Å². The average Bonchev–Trinajstić information content (AvgIpc) is 2.44. The monoisotopic (exact) mass is 281 g/mol. The van der Waals surface area contributed by atoms with E-state index in [2.05, 4.69) is 10.1 Å². The number of hydrogen-bond acceptors (Lipinski definition) is 5. The fraction of sp³-hybridized carbons (Fsp3) is 0.429. The number of esters is 1. The highest BCUT2D eigenvalue weighted by Gasteiger charge is 2.20. The van der Waals surface area contributed by atoms with Crippen molar-refractivity contribution in [3.05, 3.63) is 24.3 Å². The summed E-state index contributed by atoms with van der Waals surface area (Å²) in [6.45, 7) is 3.82. The summed E-state index contributed by atoms with van der Waals surface area (Å²) >= 11 is 0. The lowest BCUT2D eigenvalue weighted by Gasteiger charge is -2.16. The van der Waals surface area contributed by atoms with Crippen LogP contribution >= 0.6 is 0 Å². The molecule has 0 bridgehead atoms. The number of methoxy groups -OCH3 is 1. The van der Waals surface area contributed by atoms with Gasteiger partial charge in [-0.2, -0.15) is 0 Å². The molecule has 0 fully saturated rings. The van der Waals surface area contributed by atoms with Crippen molar-refractivity contribution in [1.82, 2.24) is 5.32 Å². The molecule has 1 aromatic carbocycles. The number of amides is 1. The van der Waals surface area contributed by atoms with Crippen LogP contribution in [0.4, 0.5) is 0 Å². The first kappa shape index (κ1) is 15.8. The van der Waals surface area contributed by atoms with E-state index in [0.717, 1.165) is 5.75 Å². The molecule has 0 spiro atoms. The number of nitrogens with one attached hydrogen (secondary N) is 1. The number of carbonyl (C=O) groups excluding carboxylic acids is 2. The van der Waals surface area contributed by atoms with Crippen molar-refractivity contribution in [2.75, 3.05) is 20.3 Å². The van der Waals surface area contributed by atoms with Crippen LogP contribution in [0.3, 0.4) is 0 Å². The molecule has 1 atom stereocenters. The number of ether oxygens (including phenoxy) is 3. The lowest BCUT2D eigenvalue weighted by Crippen LogP contribution is -2.44. The molecule has 20 heavy (non-hydrogen) atoms. The summed E-state index contributed by atoms with van der Waals surface area (Å²) in [5.74, 6) is 0.445. The summed E-state index contributed by atoms with van der Waals surface area (Å²) in [4.78, 5) is 22.5. The Bertz CT molecular complexity index is 443. The highest BCUT2D eigenvalue weighted by Crippen LogP contribution is 2.17. The molecule has 1 N–H and O–H groups in total. The first-order valence-electron chi connectivity index (χ1n) is 6.27. The van der Waals surface area contributed by atoms with Gasteiger partial charge in [0, 0.05) is 6.92 Å². The summed E-state index contributed by atoms with van der Waals surface area (Å²) in [6.07, 6.45) is 0. The lowest BCUT2D eigenvalue weighted by atomic mass is 10.3. The SMILES string of the molecule is CCOc1ccc(OCC(NC(C)=O)C(=O)OC)cc1. The van der Waals surface area contributed by atoms with E-state index in [-0.39, 0.29) is 12.5 Å². The van der Waals surface area contributed by atoms with E-state index in [4.69, 9.17) is 9.47 Å². The highest BCUT2D eigenvalue weighted by atomic mass is 16.5. The van der Waals surface area contributed by atoms with Crippen LogP contribution in [-0.4, -0.2) is 38.2 Å². The molecular formula is C14H19NO5. The van der Waals surface area contributed by atoms with Gasteiger partial charge >= 0.3 is 5.97 Å². The molecule has 0 aliphatic rings. The van der Waals surface area contributed by atoms with Gasteiger partial charge in [0.2, 0.25) is 5.91 Å². The normalized spacial score (nSPS) is 11.3. The zero-order valence-electron chi connectivity index (χ0n) is 11.8. The Morgan fingerprint density at radius 1 is 1.15 bits per heavy atom. The van der Waals surface area contributed by atoms with Gasteiger partial charge in [-0.25, -0.2) is 4.79 Å². The van der Waals surface area contributed by atoms with Crippen molar-refractivity contribution in [1.29, 1.82) is 0 Å². The second-order valence-corrected chi connectivity index (χ2v) is 3.99. The topological polar surface area (TPSA) is 73.9 Å². The lowest BCUT2D eigenvalue weighted by molar-refractivity contribution is -0.145. The molecule has 110 valence electrons. The van der Waals surface area contributed by atoms with Crippen LogP contribution in [0.5, 0.6) is 11.5 Å². The van der Waals surface area contributed by atoms with Crippen LogP contribution in [-0.2, 0) is 14.3 Å². The predicted octanol–water partition coefficient (Wildman–Crippen LogP) is 1.14. The maximum absolute atomic E-state index is 11.5. The van der Waals surface area contributed by atoms with Gasteiger partial charge in [0.25, 0.3) is 0 Å². The molecule has 6 nitrogen and oxygen atoms in total. The largest absolute Gasteiger partial charge is 0.494 e.